The molecule has 0 bridgehead atoms. The van der Waals surface area contributed by atoms with E-state index in [0.717, 1.165) is 0 Å². The SMILES string of the molecule is O=C1OC(c2cccc(F)c2)=N/C1=C\c1c(Cl)cccc1Cl. The van der Waals surface area contributed by atoms with E-state index in [1.165, 1.54) is 24.3 Å². The quantitative estimate of drug-likeness (QED) is 0.599. The van der Waals surface area contributed by atoms with Crippen LogP contribution in [-0.2, 0) is 9.53 Å². The third-order valence-corrected chi connectivity index (χ3v) is 3.63. The summed E-state index contributed by atoms with van der Waals surface area (Å²) in [6, 6.07) is 10.6. The highest BCUT2D eigenvalue weighted by Crippen LogP contribution is 2.28. The van der Waals surface area contributed by atoms with Crippen molar-refractivity contribution in [1.82, 2.24) is 0 Å². The second kappa shape index (κ2) is 5.91. The highest BCUT2D eigenvalue weighted by Gasteiger charge is 2.25. The molecule has 22 heavy (non-hydrogen) atoms. The van der Waals surface area contributed by atoms with Crippen molar-refractivity contribution in [1.29, 1.82) is 0 Å². The smallest absolute Gasteiger partial charge is 0.363 e. The fourth-order valence-electron chi connectivity index (χ4n) is 1.94. The minimum Gasteiger partial charge on any atom is -0.402 e. The van der Waals surface area contributed by atoms with Crippen LogP contribution in [0.3, 0.4) is 0 Å². The monoisotopic (exact) mass is 335 g/mol. The van der Waals surface area contributed by atoms with Crippen molar-refractivity contribution in [2.24, 2.45) is 4.99 Å². The summed E-state index contributed by atoms with van der Waals surface area (Å²) in [5, 5.41) is 0.782. The van der Waals surface area contributed by atoms with Crippen molar-refractivity contribution in [3.05, 3.63) is 75.2 Å². The number of cyclic esters (lactones) is 1. The molecule has 0 fully saturated rings. The summed E-state index contributed by atoms with van der Waals surface area (Å²) in [5.41, 5.74) is 0.901. The van der Waals surface area contributed by atoms with Crippen LogP contribution in [0.2, 0.25) is 10.0 Å². The minimum absolute atomic E-state index is 0.0407. The average molecular weight is 336 g/mol. The van der Waals surface area contributed by atoms with Gasteiger partial charge in [-0.2, -0.15) is 0 Å². The van der Waals surface area contributed by atoms with Gasteiger partial charge in [-0.05, 0) is 36.4 Å². The molecule has 3 nitrogen and oxygen atoms in total. The van der Waals surface area contributed by atoms with E-state index in [1.54, 1.807) is 24.3 Å². The maximum Gasteiger partial charge on any atom is 0.363 e. The second-order valence-electron chi connectivity index (χ2n) is 4.48. The molecule has 0 aromatic heterocycles. The first-order valence-corrected chi connectivity index (χ1v) is 7.03. The molecule has 0 saturated carbocycles. The summed E-state index contributed by atoms with van der Waals surface area (Å²) >= 11 is 12.1. The molecular weight excluding hydrogens is 328 g/mol. The molecule has 6 heteroatoms. The molecule has 2 aromatic carbocycles. The number of benzene rings is 2. The lowest BCUT2D eigenvalue weighted by atomic mass is 10.2. The minimum atomic E-state index is -0.643. The largest absolute Gasteiger partial charge is 0.402 e. The van der Waals surface area contributed by atoms with Gasteiger partial charge in [0.2, 0.25) is 5.90 Å². The number of halogens is 3. The van der Waals surface area contributed by atoms with Gasteiger partial charge in [0.25, 0.3) is 0 Å². The Morgan fingerprint density at radius 2 is 1.77 bits per heavy atom. The van der Waals surface area contributed by atoms with Crippen LogP contribution in [0, 0.1) is 5.82 Å². The first-order valence-electron chi connectivity index (χ1n) is 6.27. The molecular formula is C16H8Cl2FNO2. The number of rotatable bonds is 2. The molecule has 1 aliphatic heterocycles. The van der Waals surface area contributed by atoms with Gasteiger partial charge in [-0.1, -0.05) is 35.3 Å². The van der Waals surface area contributed by atoms with E-state index in [4.69, 9.17) is 27.9 Å². The van der Waals surface area contributed by atoms with Crippen LogP contribution in [-0.4, -0.2) is 11.9 Å². The first-order chi connectivity index (χ1) is 10.5. The van der Waals surface area contributed by atoms with E-state index < -0.39 is 11.8 Å². The van der Waals surface area contributed by atoms with Gasteiger partial charge in [0.15, 0.2) is 5.70 Å². The number of carbonyl (C=O) groups is 1. The van der Waals surface area contributed by atoms with Gasteiger partial charge in [-0.3, -0.25) is 0 Å². The van der Waals surface area contributed by atoms with Gasteiger partial charge >= 0.3 is 5.97 Å². The molecule has 1 heterocycles. The summed E-state index contributed by atoms with van der Waals surface area (Å²) in [6.07, 6.45) is 1.44. The Kier molecular flexibility index (Phi) is 3.96. The van der Waals surface area contributed by atoms with E-state index in [-0.39, 0.29) is 11.6 Å². The van der Waals surface area contributed by atoms with Crippen molar-refractivity contribution in [3.63, 3.8) is 0 Å². The lowest BCUT2D eigenvalue weighted by molar-refractivity contribution is -0.129. The highest BCUT2D eigenvalue weighted by atomic mass is 35.5. The summed E-state index contributed by atoms with van der Waals surface area (Å²) in [5.74, 6) is -1.04. The highest BCUT2D eigenvalue weighted by molar-refractivity contribution is 6.37. The van der Waals surface area contributed by atoms with Crippen molar-refractivity contribution < 1.29 is 13.9 Å². The van der Waals surface area contributed by atoms with E-state index >= 15 is 0 Å². The zero-order chi connectivity index (χ0) is 15.7. The number of carbonyl (C=O) groups excluding carboxylic acids is 1. The number of aliphatic imine (C=N–C) groups is 1. The fourth-order valence-corrected chi connectivity index (χ4v) is 2.45. The normalized spacial score (nSPS) is 15.9. The summed E-state index contributed by atoms with van der Waals surface area (Å²) in [4.78, 5) is 16.0. The van der Waals surface area contributed by atoms with E-state index in [0.29, 0.717) is 21.2 Å². The Morgan fingerprint density at radius 3 is 2.45 bits per heavy atom. The molecule has 0 N–H and O–H groups in total. The van der Waals surface area contributed by atoms with Gasteiger partial charge < -0.3 is 4.74 Å². The molecule has 2 aromatic rings. The summed E-state index contributed by atoms with van der Waals surface area (Å²) in [6.45, 7) is 0. The van der Waals surface area contributed by atoms with Crippen molar-refractivity contribution in [2.45, 2.75) is 0 Å². The van der Waals surface area contributed by atoms with Gasteiger partial charge in [-0.15, -0.1) is 0 Å². The summed E-state index contributed by atoms with van der Waals surface area (Å²) < 4.78 is 18.3. The van der Waals surface area contributed by atoms with E-state index in [2.05, 4.69) is 4.99 Å². The molecule has 0 atom stereocenters. The second-order valence-corrected chi connectivity index (χ2v) is 5.30. The van der Waals surface area contributed by atoms with Gasteiger partial charge in [0, 0.05) is 21.2 Å². The molecule has 0 spiro atoms. The maximum absolute atomic E-state index is 13.2. The standard InChI is InChI=1S/C16H8Cl2FNO2/c17-12-5-2-6-13(18)11(12)8-14-16(21)22-15(20-14)9-3-1-4-10(19)7-9/h1-8H/b14-8-. The zero-order valence-corrected chi connectivity index (χ0v) is 12.5. The maximum atomic E-state index is 13.2. The van der Waals surface area contributed by atoms with Crippen LogP contribution in [0.1, 0.15) is 11.1 Å². The zero-order valence-electron chi connectivity index (χ0n) is 11.0. The lowest BCUT2D eigenvalue weighted by Gasteiger charge is -2.00. The average Bonchev–Trinajstić information content (AvgIpc) is 2.84. The predicted molar refractivity (Wildman–Crippen MR) is 83.5 cm³/mol. The number of nitrogens with zero attached hydrogens (tertiary/aromatic N) is 1. The number of ether oxygens (including phenoxy) is 1. The van der Waals surface area contributed by atoms with Crippen LogP contribution >= 0.6 is 23.2 Å². The Labute approximate surface area is 135 Å². The Morgan fingerprint density at radius 1 is 1.09 bits per heavy atom. The van der Waals surface area contributed by atoms with Crippen LogP contribution in [0.4, 0.5) is 4.39 Å². The number of hydrogen-bond donors (Lipinski definition) is 0. The van der Waals surface area contributed by atoms with Crippen molar-refractivity contribution >= 4 is 41.1 Å². The van der Waals surface area contributed by atoms with Crippen molar-refractivity contribution in [3.8, 4) is 0 Å². The number of hydrogen-bond acceptors (Lipinski definition) is 3. The Balaban J connectivity index is 2.02. The number of esters is 1. The molecule has 0 saturated heterocycles. The van der Waals surface area contributed by atoms with Gasteiger partial charge in [0.05, 0.1) is 0 Å². The molecule has 0 unspecified atom stereocenters. The van der Waals surface area contributed by atoms with Crippen molar-refractivity contribution in [2.75, 3.05) is 0 Å². The third-order valence-electron chi connectivity index (χ3n) is 2.97. The summed E-state index contributed by atoms with van der Waals surface area (Å²) in [7, 11) is 0. The van der Waals surface area contributed by atoms with Gasteiger partial charge in [-0.25, -0.2) is 14.2 Å². The topological polar surface area (TPSA) is 38.7 Å². The molecule has 110 valence electrons. The van der Waals surface area contributed by atoms with Crippen LogP contribution in [0.25, 0.3) is 6.08 Å². The Hall–Kier alpha value is -2.17. The molecule has 3 rings (SSSR count). The molecule has 0 amide bonds. The molecule has 0 radical (unpaired) electrons. The lowest BCUT2D eigenvalue weighted by Crippen LogP contribution is -2.05. The van der Waals surface area contributed by atoms with Gasteiger partial charge in [0.1, 0.15) is 5.82 Å². The fraction of sp³-hybridized carbons (Fsp3) is 0. The van der Waals surface area contributed by atoms with Crippen LogP contribution in [0.5, 0.6) is 0 Å². The predicted octanol–water partition coefficient (Wildman–Crippen LogP) is 4.48. The Bertz CT molecular complexity index is 810. The first kappa shape index (κ1) is 14.8. The van der Waals surface area contributed by atoms with E-state index in [9.17, 15) is 9.18 Å². The van der Waals surface area contributed by atoms with E-state index in [1.807, 2.05) is 0 Å². The van der Waals surface area contributed by atoms with Crippen LogP contribution in [0.15, 0.2) is 53.2 Å². The molecule has 1 aliphatic rings. The van der Waals surface area contributed by atoms with Crippen LogP contribution < -0.4 is 0 Å². The molecule has 0 aliphatic carbocycles. The third kappa shape index (κ3) is 2.89.